The second-order valence-corrected chi connectivity index (χ2v) is 7.87. The van der Waals surface area contributed by atoms with Crippen LogP contribution in [0.25, 0.3) is 0 Å². The fourth-order valence-electron chi connectivity index (χ4n) is 4.53. The molecule has 21 heavy (non-hydrogen) atoms. The van der Waals surface area contributed by atoms with E-state index in [0.717, 1.165) is 39.0 Å². The smallest absolute Gasteiger partial charge is 0.241 e. The minimum absolute atomic E-state index is 0.0617. The number of hydrogen-bond donors (Lipinski definition) is 1. The molecule has 0 aromatic carbocycles. The molecule has 1 heterocycles. The van der Waals surface area contributed by atoms with Gasteiger partial charge in [-0.2, -0.15) is 0 Å². The molecule has 5 heteroatoms. The van der Waals surface area contributed by atoms with Crippen molar-refractivity contribution >= 4 is 11.7 Å². The Bertz CT molecular complexity index is 482. The highest BCUT2D eigenvalue weighted by molar-refractivity contribution is 5.99. The van der Waals surface area contributed by atoms with Crippen LogP contribution in [0.4, 0.5) is 0 Å². The quantitative estimate of drug-likeness (QED) is 0.827. The molecule has 3 rings (SSSR count). The van der Waals surface area contributed by atoms with Gasteiger partial charge in [-0.3, -0.25) is 15.0 Å². The van der Waals surface area contributed by atoms with E-state index in [4.69, 9.17) is 0 Å². The molecule has 1 saturated heterocycles. The maximum Gasteiger partial charge on any atom is 0.241 e. The van der Waals surface area contributed by atoms with Gasteiger partial charge in [0.25, 0.3) is 0 Å². The van der Waals surface area contributed by atoms with Crippen molar-refractivity contribution in [1.29, 1.82) is 0 Å². The first-order chi connectivity index (χ1) is 9.73. The molecule has 1 aliphatic heterocycles. The van der Waals surface area contributed by atoms with Gasteiger partial charge in [0, 0.05) is 38.0 Å². The van der Waals surface area contributed by atoms with Crippen molar-refractivity contribution in [2.24, 2.45) is 16.2 Å². The second kappa shape index (κ2) is 4.53. The molecule has 2 bridgehead atoms. The van der Waals surface area contributed by atoms with Crippen LogP contribution >= 0.6 is 0 Å². The summed E-state index contributed by atoms with van der Waals surface area (Å²) in [5, 5.41) is 2.02. The molecule has 1 amide bonds. The van der Waals surface area contributed by atoms with Crippen molar-refractivity contribution in [3.8, 4) is 0 Å². The van der Waals surface area contributed by atoms with Crippen molar-refractivity contribution in [1.82, 2.24) is 15.3 Å². The van der Waals surface area contributed by atoms with Crippen molar-refractivity contribution in [3.05, 3.63) is 0 Å². The van der Waals surface area contributed by atoms with Gasteiger partial charge in [-0.05, 0) is 25.3 Å². The maximum absolute atomic E-state index is 13.0. The zero-order valence-corrected chi connectivity index (χ0v) is 13.7. The van der Waals surface area contributed by atoms with Crippen molar-refractivity contribution in [2.75, 3.05) is 33.2 Å². The number of piperazine rings is 1. The van der Waals surface area contributed by atoms with Crippen LogP contribution in [0.2, 0.25) is 0 Å². The fourth-order valence-corrected chi connectivity index (χ4v) is 4.53. The Kier molecular flexibility index (Phi) is 3.23. The molecule has 0 unspecified atom stereocenters. The van der Waals surface area contributed by atoms with Gasteiger partial charge in [-0.15, -0.1) is 0 Å². The lowest BCUT2D eigenvalue weighted by molar-refractivity contribution is -0.142. The molecule has 0 radical (unpaired) electrons. The Hall–Kier alpha value is -0.940. The Labute approximate surface area is 127 Å². The minimum Gasteiger partial charge on any atom is -0.304 e. The number of fused-ring (bicyclic) bond motifs is 2. The third-order valence-corrected chi connectivity index (χ3v) is 6.90. The number of amides is 1. The number of nitrogens with one attached hydrogen (secondary N) is 1. The number of carbonyl (C=O) groups excluding carboxylic acids is 2. The second-order valence-electron chi connectivity index (χ2n) is 7.87. The van der Waals surface area contributed by atoms with Crippen molar-refractivity contribution < 1.29 is 9.59 Å². The van der Waals surface area contributed by atoms with Gasteiger partial charge in [0.15, 0.2) is 0 Å². The SMILES string of the molecule is CN1CCN(NC(=O)[C@]23CC[C@](C)(C(=O)C2)C3(C)C)CC1. The Morgan fingerprint density at radius 3 is 2.19 bits per heavy atom. The van der Waals surface area contributed by atoms with Gasteiger partial charge in [-0.25, -0.2) is 5.01 Å². The van der Waals surface area contributed by atoms with Crippen LogP contribution in [0.1, 0.15) is 40.0 Å². The summed E-state index contributed by atoms with van der Waals surface area (Å²) in [6.45, 7) is 9.89. The lowest BCUT2D eigenvalue weighted by Crippen LogP contribution is -2.57. The van der Waals surface area contributed by atoms with Gasteiger partial charge >= 0.3 is 0 Å². The Morgan fingerprint density at radius 1 is 1.10 bits per heavy atom. The highest BCUT2D eigenvalue weighted by Gasteiger charge is 2.72. The average molecular weight is 293 g/mol. The number of carbonyl (C=O) groups is 2. The molecule has 2 atom stereocenters. The number of ketones is 1. The first-order valence-corrected chi connectivity index (χ1v) is 8.01. The largest absolute Gasteiger partial charge is 0.304 e. The molecular formula is C16H27N3O2. The number of hydrogen-bond acceptors (Lipinski definition) is 4. The molecule has 5 nitrogen and oxygen atoms in total. The molecule has 2 aliphatic carbocycles. The van der Waals surface area contributed by atoms with Crippen LogP contribution in [0.3, 0.4) is 0 Å². The first-order valence-electron chi connectivity index (χ1n) is 8.01. The average Bonchev–Trinajstić information content (AvgIpc) is 2.72. The molecular weight excluding hydrogens is 266 g/mol. The van der Waals surface area contributed by atoms with Crippen LogP contribution < -0.4 is 5.43 Å². The number of likely N-dealkylation sites (N-methyl/N-ethyl adjacent to an activating group) is 1. The monoisotopic (exact) mass is 293 g/mol. The molecule has 0 aromatic rings. The molecule has 118 valence electrons. The fraction of sp³-hybridized carbons (Fsp3) is 0.875. The van der Waals surface area contributed by atoms with E-state index in [1.807, 2.05) is 11.9 Å². The van der Waals surface area contributed by atoms with Crippen LogP contribution in [0.5, 0.6) is 0 Å². The van der Waals surface area contributed by atoms with Gasteiger partial charge in [-0.1, -0.05) is 20.8 Å². The van der Waals surface area contributed by atoms with Crippen LogP contribution in [0, 0.1) is 16.2 Å². The molecule has 0 spiro atoms. The van der Waals surface area contributed by atoms with Gasteiger partial charge < -0.3 is 4.90 Å². The molecule has 0 aromatic heterocycles. The van der Waals surface area contributed by atoms with E-state index in [1.165, 1.54) is 0 Å². The Morgan fingerprint density at radius 2 is 1.71 bits per heavy atom. The molecule has 3 fully saturated rings. The predicted molar refractivity (Wildman–Crippen MR) is 80.4 cm³/mol. The molecule has 2 saturated carbocycles. The van der Waals surface area contributed by atoms with Crippen LogP contribution in [-0.4, -0.2) is 54.8 Å². The lowest BCUT2D eigenvalue weighted by atomic mass is 9.64. The first kappa shape index (κ1) is 15.0. The summed E-state index contributed by atoms with van der Waals surface area (Å²) in [4.78, 5) is 27.6. The van der Waals surface area contributed by atoms with Gasteiger partial charge in [0.2, 0.25) is 5.91 Å². The third-order valence-electron chi connectivity index (χ3n) is 6.90. The summed E-state index contributed by atoms with van der Waals surface area (Å²) in [6.07, 6.45) is 2.09. The topological polar surface area (TPSA) is 52.6 Å². The summed E-state index contributed by atoms with van der Waals surface area (Å²) in [7, 11) is 2.10. The predicted octanol–water partition coefficient (Wildman–Crippen LogP) is 1.05. The number of hydrazine groups is 1. The number of Topliss-reactive ketones (excluding diaryl/α,β-unsaturated/α-hetero) is 1. The highest BCUT2D eigenvalue weighted by atomic mass is 16.2. The van der Waals surface area contributed by atoms with E-state index < -0.39 is 5.41 Å². The standard InChI is InChI=1S/C16H27N3O2/c1-14(2)15(3)5-6-16(14,11-12(15)20)13(21)17-19-9-7-18(4)8-10-19/h5-11H2,1-4H3,(H,17,21)/t15-,16+/m1/s1. The van der Waals surface area contributed by atoms with E-state index in [2.05, 4.69) is 31.2 Å². The zero-order valence-electron chi connectivity index (χ0n) is 13.7. The van der Waals surface area contributed by atoms with Crippen molar-refractivity contribution in [3.63, 3.8) is 0 Å². The zero-order chi connectivity index (χ0) is 15.5. The Balaban J connectivity index is 1.77. The van der Waals surface area contributed by atoms with E-state index in [0.29, 0.717) is 6.42 Å². The van der Waals surface area contributed by atoms with Gasteiger partial charge in [0.1, 0.15) is 5.78 Å². The van der Waals surface area contributed by atoms with Crippen molar-refractivity contribution in [2.45, 2.75) is 40.0 Å². The third kappa shape index (κ3) is 1.83. The molecule has 1 N–H and O–H groups in total. The molecule has 3 aliphatic rings. The summed E-state index contributed by atoms with van der Waals surface area (Å²) in [6, 6.07) is 0. The van der Waals surface area contributed by atoms with E-state index >= 15 is 0 Å². The highest BCUT2D eigenvalue weighted by Crippen LogP contribution is 2.70. The number of nitrogens with zero attached hydrogens (tertiary/aromatic N) is 2. The summed E-state index contributed by atoms with van der Waals surface area (Å²) in [5.74, 6) is 0.332. The van der Waals surface area contributed by atoms with E-state index in [9.17, 15) is 9.59 Å². The summed E-state index contributed by atoms with van der Waals surface area (Å²) >= 11 is 0. The van der Waals surface area contributed by atoms with Crippen LogP contribution in [-0.2, 0) is 9.59 Å². The van der Waals surface area contributed by atoms with Crippen LogP contribution in [0.15, 0.2) is 0 Å². The van der Waals surface area contributed by atoms with Gasteiger partial charge in [0.05, 0.1) is 5.41 Å². The number of rotatable bonds is 2. The van der Waals surface area contributed by atoms with E-state index in [-0.39, 0.29) is 22.5 Å². The summed E-state index contributed by atoms with van der Waals surface area (Å²) < 4.78 is 0. The minimum atomic E-state index is -0.512. The normalized spacial score (nSPS) is 39.7. The van der Waals surface area contributed by atoms with E-state index in [1.54, 1.807) is 0 Å². The lowest BCUT2D eigenvalue weighted by Gasteiger charge is -2.41. The maximum atomic E-state index is 13.0. The summed E-state index contributed by atoms with van der Waals surface area (Å²) in [5.41, 5.74) is 2.01.